The van der Waals surface area contributed by atoms with E-state index in [0.29, 0.717) is 16.7 Å². The summed E-state index contributed by atoms with van der Waals surface area (Å²) in [7, 11) is 2.11. The van der Waals surface area contributed by atoms with Gasteiger partial charge in [-0.25, -0.2) is 4.21 Å². The van der Waals surface area contributed by atoms with E-state index in [4.69, 9.17) is 0 Å². The Balaban J connectivity index is 2.30. The average Bonchev–Trinajstić information content (AvgIpc) is 2.58. The molecule has 1 aliphatic rings. The van der Waals surface area contributed by atoms with E-state index in [-0.39, 0.29) is 0 Å². The fourth-order valence-corrected chi connectivity index (χ4v) is 3.92. The molecule has 1 heterocycles. The molecule has 0 aliphatic heterocycles. The molecule has 1 N–H and O–H groups in total. The van der Waals surface area contributed by atoms with Crippen LogP contribution >= 0.6 is 0 Å². The molecule has 3 rings (SSSR count). The van der Waals surface area contributed by atoms with Crippen LogP contribution in [0.2, 0.25) is 0 Å². The van der Waals surface area contributed by atoms with Crippen LogP contribution in [0.15, 0.2) is 23.1 Å². The van der Waals surface area contributed by atoms with Gasteiger partial charge in [-0.1, -0.05) is 13.8 Å². The monoisotopic (exact) mass is 291 g/mol. The standard InChI is InChI=1S/C16H21NO2S/c1-10-4-5-11(2)16-13-9-12(20(18)19)6-7-14(13)17(3)15(16)8-10/h6-7,9-11H,4-5,8H2,1-3H3,(H,18,19). The summed E-state index contributed by atoms with van der Waals surface area (Å²) < 4.78 is 22.9. The normalized spacial score (nSPS) is 24.4. The zero-order valence-electron chi connectivity index (χ0n) is 12.2. The number of hydrogen-bond acceptors (Lipinski definition) is 1. The van der Waals surface area contributed by atoms with Crippen molar-refractivity contribution in [2.75, 3.05) is 0 Å². The summed E-state index contributed by atoms with van der Waals surface area (Å²) >= 11 is -1.91. The van der Waals surface area contributed by atoms with E-state index in [1.165, 1.54) is 29.6 Å². The van der Waals surface area contributed by atoms with Gasteiger partial charge in [0.1, 0.15) is 0 Å². The SMILES string of the molecule is CC1CCC(C)c2c(n(C)c3ccc(S(=O)O)cc23)C1. The first-order valence-electron chi connectivity index (χ1n) is 7.21. The van der Waals surface area contributed by atoms with Gasteiger partial charge >= 0.3 is 0 Å². The summed E-state index contributed by atoms with van der Waals surface area (Å²) in [5.41, 5.74) is 3.96. The Kier molecular flexibility index (Phi) is 3.46. The van der Waals surface area contributed by atoms with Crippen molar-refractivity contribution in [2.24, 2.45) is 13.0 Å². The molecule has 4 heteroatoms. The minimum Gasteiger partial charge on any atom is -0.347 e. The number of rotatable bonds is 1. The van der Waals surface area contributed by atoms with Crippen LogP contribution in [0.1, 0.15) is 43.9 Å². The van der Waals surface area contributed by atoms with Crippen molar-refractivity contribution in [2.45, 2.75) is 43.9 Å². The van der Waals surface area contributed by atoms with Gasteiger partial charge in [0.15, 0.2) is 11.1 Å². The molecule has 0 amide bonds. The number of fused-ring (bicyclic) bond motifs is 3. The minimum atomic E-state index is -1.91. The quantitative estimate of drug-likeness (QED) is 0.641. The topological polar surface area (TPSA) is 42.2 Å². The van der Waals surface area contributed by atoms with Crippen LogP contribution in [-0.4, -0.2) is 13.3 Å². The summed E-state index contributed by atoms with van der Waals surface area (Å²) in [5, 5.41) is 1.16. The van der Waals surface area contributed by atoms with Crippen LogP contribution in [0.4, 0.5) is 0 Å². The third kappa shape index (κ3) is 2.11. The van der Waals surface area contributed by atoms with Gasteiger partial charge in [-0.3, -0.25) is 0 Å². The molecule has 3 nitrogen and oxygen atoms in total. The Labute approximate surface area is 122 Å². The minimum absolute atomic E-state index is 0.496. The van der Waals surface area contributed by atoms with Gasteiger partial charge in [-0.15, -0.1) is 0 Å². The highest BCUT2D eigenvalue weighted by molar-refractivity contribution is 7.79. The molecule has 0 saturated heterocycles. The number of aromatic nitrogens is 1. The highest BCUT2D eigenvalue weighted by Gasteiger charge is 2.25. The highest BCUT2D eigenvalue weighted by Crippen LogP contribution is 2.39. The zero-order valence-corrected chi connectivity index (χ0v) is 13.0. The molecule has 3 unspecified atom stereocenters. The summed E-state index contributed by atoms with van der Waals surface area (Å²) in [5.74, 6) is 1.22. The molecule has 0 saturated carbocycles. The lowest BCUT2D eigenvalue weighted by Gasteiger charge is -2.09. The fourth-order valence-electron chi connectivity index (χ4n) is 3.52. The lowest BCUT2D eigenvalue weighted by molar-refractivity contribution is 0.498. The van der Waals surface area contributed by atoms with E-state index in [2.05, 4.69) is 25.5 Å². The maximum Gasteiger partial charge on any atom is 0.186 e. The van der Waals surface area contributed by atoms with Crippen molar-refractivity contribution in [3.63, 3.8) is 0 Å². The number of benzene rings is 1. The van der Waals surface area contributed by atoms with Crippen molar-refractivity contribution >= 4 is 22.0 Å². The van der Waals surface area contributed by atoms with Gasteiger partial charge in [0, 0.05) is 23.6 Å². The van der Waals surface area contributed by atoms with Crippen LogP contribution in [-0.2, 0) is 24.5 Å². The van der Waals surface area contributed by atoms with E-state index >= 15 is 0 Å². The molecule has 3 atom stereocenters. The van der Waals surface area contributed by atoms with Gasteiger partial charge in [0.05, 0.1) is 4.90 Å². The number of hydrogen-bond donors (Lipinski definition) is 1. The largest absolute Gasteiger partial charge is 0.347 e. The fraction of sp³-hybridized carbons (Fsp3) is 0.500. The summed E-state index contributed by atoms with van der Waals surface area (Å²) in [6.45, 7) is 4.59. The molecular formula is C16H21NO2S. The van der Waals surface area contributed by atoms with Gasteiger partial charge < -0.3 is 9.12 Å². The second kappa shape index (κ2) is 5.01. The van der Waals surface area contributed by atoms with E-state index in [9.17, 15) is 8.76 Å². The van der Waals surface area contributed by atoms with Crippen molar-refractivity contribution in [3.05, 3.63) is 29.5 Å². The van der Waals surface area contributed by atoms with Crippen molar-refractivity contribution in [1.29, 1.82) is 0 Å². The molecule has 2 aromatic rings. The van der Waals surface area contributed by atoms with Gasteiger partial charge in [0.25, 0.3) is 0 Å². The maximum atomic E-state index is 11.3. The second-order valence-corrected chi connectivity index (χ2v) is 7.10. The second-order valence-electron chi connectivity index (χ2n) is 6.14. The molecule has 1 aromatic carbocycles. The Morgan fingerprint density at radius 3 is 2.75 bits per heavy atom. The predicted octanol–water partition coefficient (Wildman–Crippen LogP) is 3.83. The van der Waals surface area contributed by atoms with E-state index < -0.39 is 11.1 Å². The Morgan fingerprint density at radius 2 is 2.05 bits per heavy atom. The summed E-state index contributed by atoms with van der Waals surface area (Å²) in [6, 6.07) is 5.63. The number of aryl methyl sites for hydroxylation is 1. The molecule has 0 bridgehead atoms. The smallest absolute Gasteiger partial charge is 0.186 e. The van der Waals surface area contributed by atoms with Crippen LogP contribution < -0.4 is 0 Å². The van der Waals surface area contributed by atoms with Gasteiger partial charge in [-0.2, -0.15) is 0 Å². The lowest BCUT2D eigenvalue weighted by Crippen LogP contribution is -2.03. The molecular weight excluding hydrogens is 270 g/mol. The van der Waals surface area contributed by atoms with E-state index in [1.807, 2.05) is 12.1 Å². The molecule has 108 valence electrons. The molecule has 1 aliphatic carbocycles. The molecule has 0 radical (unpaired) electrons. The summed E-state index contributed by atoms with van der Waals surface area (Å²) in [6.07, 6.45) is 3.55. The van der Waals surface area contributed by atoms with Crippen LogP contribution in [0.5, 0.6) is 0 Å². The van der Waals surface area contributed by atoms with Crippen LogP contribution in [0, 0.1) is 5.92 Å². The van der Waals surface area contributed by atoms with E-state index in [0.717, 1.165) is 11.8 Å². The predicted molar refractivity (Wildman–Crippen MR) is 82.5 cm³/mol. The maximum absolute atomic E-state index is 11.3. The first-order valence-corrected chi connectivity index (χ1v) is 8.31. The highest BCUT2D eigenvalue weighted by atomic mass is 32.2. The third-order valence-electron chi connectivity index (χ3n) is 4.66. The zero-order chi connectivity index (χ0) is 14.4. The Hall–Kier alpha value is -1.13. The van der Waals surface area contributed by atoms with Crippen LogP contribution in [0.25, 0.3) is 10.9 Å². The summed E-state index contributed by atoms with van der Waals surface area (Å²) in [4.78, 5) is 0.496. The molecule has 1 aromatic heterocycles. The lowest BCUT2D eigenvalue weighted by atomic mass is 9.95. The molecule has 0 spiro atoms. The first kappa shape index (κ1) is 13.8. The van der Waals surface area contributed by atoms with Crippen molar-refractivity contribution in [1.82, 2.24) is 4.57 Å². The van der Waals surface area contributed by atoms with E-state index in [1.54, 1.807) is 6.07 Å². The van der Waals surface area contributed by atoms with Crippen molar-refractivity contribution < 1.29 is 8.76 Å². The van der Waals surface area contributed by atoms with Gasteiger partial charge in [0.2, 0.25) is 0 Å². The van der Waals surface area contributed by atoms with Crippen LogP contribution in [0.3, 0.4) is 0 Å². The number of nitrogens with zero attached hydrogens (tertiary/aromatic N) is 1. The Morgan fingerprint density at radius 1 is 1.30 bits per heavy atom. The molecule has 20 heavy (non-hydrogen) atoms. The third-order valence-corrected chi connectivity index (χ3v) is 5.32. The van der Waals surface area contributed by atoms with Crippen molar-refractivity contribution in [3.8, 4) is 0 Å². The Bertz CT molecular complexity index is 689. The van der Waals surface area contributed by atoms with Gasteiger partial charge in [-0.05, 0) is 54.9 Å². The average molecular weight is 291 g/mol. The molecule has 0 fully saturated rings. The first-order chi connectivity index (χ1) is 9.49.